The van der Waals surface area contributed by atoms with Gasteiger partial charge < -0.3 is 14.2 Å². The lowest BCUT2D eigenvalue weighted by Gasteiger charge is -2.41. The lowest BCUT2D eigenvalue weighted by molar-refractivity contribution is -0.161. The number of hydrogen-bond acceptors (Lipinski definition) is 5. The van der Waals surface area contributed by atoms with E-state index in [1.165, 1.54) is 0 Å². The summed E-state index contributed by atoms with van der Waals surface area (Å²) in [7, 11) is 3.35. The van der Waals surface area contributed by atoms with E-state index < -0.39 is 5.60 Å². The molecule has 168 valence electrons. The summed E-state index contributed by atoms with van der Waals surface area (Å²) in [5.74, 6) is -0.269. The highest BCUT2D eigenvalue weighted by molar-refractivity contribution is 5.89. The Morgan fingerprint density at radius 3 is 2.45 bits per heavy atom. The Labute approximate surface area is 186 Å². The molecule has 1 aromatic carbocycles. The number of esters is 1. The molecule has 0 N–H and O–H groups in total. The normalized spacial score (nSPS) is 30.2. The molecule has 1 aromatic rings. The first-order valence-electron chi connectivity index (χ1n) is 11.2. The zero-order chi connectivity index (χ0) is 22.6. The zero-order valence-electron chi connectivity index (χ0n) is 19.5. The molecule has 1 saturated heterocycles. The fraction of sp³-hybridized carbons (Fsp3) is 0.500. The van der Waals surface area contributed by atoms with Crippen molar-refractivity contribution < 1.29 is 19.0 Å². The highest BCUT2D eigenvalue weighted by atomic mass is 16.7. The summed E-state index contributed by atoms with van der Waals surface area (Å²) in [6.07, 6.45) is 9.61. The number of benzene rings is 1. The summed E-state index contributed by atoms with van der Waals surface area (Å²) in [5, 5.41) is 0. The van der Waals surface area contributed by atoms with Crippen molar-refractivity contribution in [1.29, 1.82) is 0 Å². The minimum absolute atomic E-state index is 0.0758. The monoisotopic (exact) mass is 425 g/mol. The number of carbonyl (C=O) groups excluding carboxylic acids is 1. The van der Waals surface area contributed by atoms with Crippen molar-refractivity contribution in [3.05, 3.63) is 65.3 Å². The molecule has 0 aliphatic carbocycles. The fourth-order valence-corrected chi connectivity index (χ4v) is 5.19. The van der Waals surface area contributed by atoms with Crippen molar-refractivity contribution in [1.82, 2.24) is 4.90 Å². The van der Waals surface area contributed by atoms with Crippen LogP contribution in [0.15, 0.2) is 59.7 Å². The standard InChI is InChI=1S/C24H29NO4.C2H6/c1-16-14-18(11-10-17-8-6-5-7-9-17)19-15-22(26)29-24(19,2)21-13-12-20(25(16)21)23(27-3)28-4;1-2/h5-11,14-16,20-21,23H,12-13H2,1-4H3;1-2H3/b11-10+;/t16-,20?,21?,24-;/m0./s1. The minimum Gasteiger partial charge on any atom is -0.450 e. The first-order chi connectivity index (χ1) is 15.0. The number of carbonyl (C=O) groups is 1. The number of nitrogens with zero attached hydrogens (tertiary/aromatic N) is 1. The SMILES string of the molecule is CC.COC(OC)C1CCC2N1[C@@H](C)C=C(/C=C/c1ccccc1)C1=CC(=O)O[C@@]12C. The number of ether oxygens (including phenoxy) is 3. The molecule has 3 aliphatic rings. The topological polar surface area (TPSA) is 48.0 Å². The Bertz CT molecular complexity index is 855. The molecule has 3 aliphatic heterocycles. The second-order valence-electron chi connectivity index (χ2n) is 8.14. The molecule has 1 fully saturated rings. The lowest BCUT2D eigenvalue weighted by atomic mass is 9.84. The van der Waals surface area contributed by atoms with Gasteiger partial charge in [0.1, 0.15) is 0 Å². The van der Waals surface area contributed by atoms with E-state index in [1.54, 1.807) is 20.3 Å². The van der Waals surface area contributed by atoms with Crippen LogP contribution in [0.4, 0.5) is 0 Å². The lowest BCUT2D eigenvalue weighted by Crippen LogP contribution is -2.55. The van der Waals surface area contributed by atoms with Crippen LogP contribution in [0.5, 0.6) is 0 Å². The van der Waals surface area contributed by atoms with Crippen LogP contribution in [0.3, 0.4) is 0 Å². The Hall–Kier alpha value is -2.21. The number of rotatable bonds is 5. The van der Waals surface area contributed by atoms with Gasteiger partial charge in [0.25, 0.3) is 0 Å². The third-order valence-electron chi connectivity index (χ3n) is 6.46. The largest absolute Gasteiger partial charge is 0.450 e. The summed E-state index contributed by atoms with van der Waals surface area (Å²) < 4.78 is 17.1. The van der Waals surface area contributed by atoms with Crippen LogP contribution in [-0.4, -0.2) is 55.1 Å². The highest BCUT2D eigenvalue weighted by Crippen LogP contribution is 2.47. The van der Waals surface area contributed by atoms with Gasteiger partial charge in [0.15, 0.2) is 11.9 Å². The van der Waals surface area contributed by atoms with Gasteiger partial charge in [-0.15, -0.1) is 0 Å². The van der Waals surface area contributed by atoms with Gasteiger partial charge in [0.2, 0.25) is 0 Å². The fourth-order valence-electron chi connectivity index (χ4n) is 5.19. The minimum atomic E-state index is -0.685. The summed E-state index contributed by atoms with van der Waals surface area (Å²) in [4.78, 5) is 14.7. The predicted octanol–water partition coefficient (Wildman–Crippen LogP) is 4.75. The summed E-state index contributed by atoms with van der Waals surface area (Å²) in [6, 6.07) is 10.5. The van der Waals surface area contributed by atoms with E-state index in [9.17, 15) is 4.79 Å². The smallest absolute Gasteiger partial charge is 0.332 e. The molecule has 2 unspecified atom stereocenters. The van der Waals surface area contributed by atoms with Crippen molar-refractivity contribution in [3.8, 4) is 0 Å². The predicted molar refractivity (Wildman–Crippen MR) is 123 cm³/mol. The van der Waals surface area contributed by atoms with Gasteiger partial charge in [0, 0.05) is 31.9 Å². The molecular formula is C26H35NO4. The van der Waals surface area contributed by atoms with Crippen molar-refractivity contribution in [2.75, 3.05) is 14.2 Å². The molecule has 0 amide bonds. The van der Waals surface area contributed by atoms with Crippen molar-refractivity contribution in [2.45, 2.75) is 70.6 Å². The molecule has 0 aromatic heterocycles. The molecule has 4 atom stereocenters. The molecule has 31 heavy (non-hydrogen) atoms. The number of fused-ring (bicyclic) bond motifs is 3. The van der Waals surface area contributed by atoms with E-state index in [2.05, 4.69) is 42.2 Å². The van der Waals surface area contributed by atoms with Crippen LogP contribution in [0.1, 0.15) is 46.1 Å². The van der Waals surface area contributed by atoms with E-state index in [0.717, 1.165) is 29.6 Å². The molecule has 4 rings (SSSR count). The van der Waals surface area contributed by atoms with Gasteiger partial charge in [-0.1, -0.05) is 62.4 Å². The van der Waals surface area contributed by atoms with E-state index in [1.807, 2.05) is 39.0 Å². The molecular weight excluding hydrogens is 390 g/mol. The molecule has 3 heterocycles. The molecule has 0 bridgehead atoms. The van der Waals surface area contributed by atoms with Crippen molar-refractivity contribution in [3.63, 3.8) is 0 Å². The second kappa shape index (κ2) is 9.94. The highest BCUT2D eigenvalue weighted by Gasteiger charge is 2.56. The first-order valence-corrected chi connectivity index (χ1v) is 11.2. The van der Waals surface area contributed by atoms with Crippen molar-refractivity contribution in [2.24, 2.45) is 0 Å². The van der Waals surface area contributed by atoms with Crippen LogP contribution < -0.4 is 0 Å². The molecule has 5 heteroatoms. The average Bonchev–Trinajstić information content (AvgIpc) is 3.34. The summed E-state index contributed by atoms with van der Waals surface area (Å²) in [5.41, 5.74) is 2.43. The summed E-state index contributed by atoms with van der Waals surface area (Å²) in [6.45, 7) is 8.23. The number of methoxy groups -OCH3 is 2. The number of allylic oxidation sites excluding steroid dienone is 1. The Kier molecular flexibility index (Phi) is 7.52. The average molecular weight is 426 g/mol. The van der Waals surface area contributed by atoms with Crippen LogP contribution in [0, 0.1) is 0 Å². The molecule has 0 saturated carbocycles. The third-order valence-corrected chi connectivity index (χ3v) is 6.46. The molecule has 0 radical (unpaired) electrons. The van der Waals surface area contributed by atoms with Crippen LogP contribution in [-0.2, 0) is 19.0 Å². The van der Waals surface area contributed by atoms with Gasteiger partial charge in [-0.25, -0.2) is 4.79 Å². The first kappa shape index (κ1) is 23.5. The van der Waals surface area contributed by atoms with Crippen LogP contribution in [0.25, 0.3) is 6.08 Å². The Morgan fingerprint density at radius 1 is 1.13 bits per heavy atom. The van der Waals surface area contributed by atoms with Gasteiger partial charge in [-0.05, 0) is 37.8 Å². The van der Waals surface area contributed by atoms with Crippen molar-refractivity contribution >= 4 is 12.0 Å². The Morgan fingerprint density at radius 2 is 1.81 bits per heavy atom. The molecule has 0 spiro atoms. The zero-order valence-corrected chi connectivity index (χ0v) is 19.5. The van der Waals surface area contributed by atoms with Gasteiger partial charge >= 0.3 is 5.97 Å². The molecule has 5 nitrogen and oxygen atoms in total. The van der Waals surface area contributed by atoms with Crippen LogP contribution >= 0.6 is 0 Å². The maximum atomic E-state index is 12.3. The van der Waals surface area contributed by atoms with E-state index >= 15 is 0 Å². The van der Waals surface area contributed by atoms with E-state index in [4.69, 9.17) is 14.2 Å². The Balaban J connectivity index is 0.00000132. The third kappa shape index (κ3) is 4.40. The number of hydrogen-bond donors (Lipinski definition) is 0. The maximum Gasteiger partial charge on any atom is 0.332 e. The maximum absolute atomic E-state index is 12.3. The summed E-state index contributed by atoms with van der Waals surface area (Å²) >= 11 is 0. The van der Waals surface area contributed by atoms with E-state index in [0.29, 0.717) is 0 Å². The quantitative estimate of drug-likeness (QED) is 0.503. The van der Waals surface area contributed by atoms with E-state index in [-0.39, 0.29) is 30.4 Å². The van der Waals surface area contributed by atoms with Crippen LogP contribution in [0.2, 0.25) is 0 Å². The van der Waals surface area contributed by atoms with Gasteiger partial charge in [-0.3, -0.25) is 4.90 Å². The van der Waals surface area contributed by atoms with Gasteiger partial charge in [-0.2, -0.15) is 0 Å². The van der Waals surface area contributed by atoms with Gasteiger partial charge in [0.05, 0.1) is 12.1 Å². The second-order valence-corrected chi connectivity index (χ2v) is 8.14.